The van der Waals surface area contributed by atoms with E-state index >= 15 is 4.39 Å². The first-order valence-electron chi connectivity index (χ1n) is 15.7. The van der Waals surface area contributed by atoms with E-state index < -0.39 is 32.8 Å². The van der Waals surface area contributed by atoms with Gasteiger partial charge in [0.25, 0.3) is 5.91 Å². The van der Waals surface area contributed by atoms with Crippen LogP contribution in [0, 0.1) is 5.82 Å². The lowest BCUT2D eigenvalue weighted by Crippen LogP contribution is -2.48. The molecule has 2 aromatic rings. The summed E-state index contributed by atoms with van der Waals surface area (Å²) in [7, 11) is -3.78. The number of hydrogen-bond donors (Lipinski definition) is 3. The number of carbonyl (C=O) groups excluding carboxylic acids is 2. The number of ether oxygens (including phenoxy) is 1. The summed E-state index contributed by atoms with van der Waals surface area (Å²) in [5.74, 6) is -1.09. The summed E-state index contributed by atoms with van der Waals surface area (Å²) in [4.78, 5) is 25.6. The summed E-state index contributed by atoms with van der Waals surface area (Å²) in [5.41, 5.74) is 0.0829. The Labute approximate surface area is 258 Å². The first-order valence-corrected chi connectivity index (χ1v) is 17.2. The minimum atomic E-state index is -3.78. The van der Waals surface area contributed by atoms with E-state index in [0.29, 0.717) is 53.7 Å². The highest BCUT2D eigenvalue weighted by Gasteiger charge is 2.54. The third kappa shape index (κ3) is 6.93. The normalized spacial score (nSPS) is 24.6. The number of rotatable bonds is 10. The van der Waals surface area contributed by atoms with Crippen molar-refractivity contribution in [2.75, 3.05) is 6.54 Å². The SMILES string of the molecule is CCc1c(F)cccc1-c1cc(CC(=O)NS(=O)(=O)C(C)C)ccc1O[C@@H]1CC[C@@H](NC(=O)[C@]2(F)CNC3(CCCC3)C2)C1. The van der Waals surface area contributed by atoms with E-state index in [2.05, 4.69) is 15.4 Å². The van der Waals surface area contributed by atoms with Crippen LogP contribution in [0.15, 0.2) is 36.4 Å². The second kappa shape index (κ2) is 12.7. The zero-order valence-corrected chi connectivity index (χ0v) is 26.5. The number of benzene rings is 2. The molecule has 44 heavy (non-hydrogen) atoms. The second-order valence-electron chi connectivity index (χ2n) is 13.0. The van der Waals surface area contributed by atoms with Gasteiger partial charge in [0.05, 0.1) is 11.7 Å². The number of amides is 2. The van der Waals surface area contributed by atoms with E-state index in [1.165, 1.54) is 19.9 Å². The summed E-state index contributed by atoms with van der Waals surface area (Å²) >= 11 is 0. The molecule has 1 saturated heterocycles. The predicted molar refractivity (Wildman–Crippen MR) is 165 cm³/mol. The molecule has 3 atom stereocenters. The van der Waals surface area contributed by atoms with Crippen molar-refractivity contribution in [1.82, 2.24) is 15.4 Å². The van der Waals surface area contributed by atoms with E-state index in [-0.39, 0.29) is 42.9 Å². The molecular weight excluding hydrogens is 588 g/mol. The molecule has 2 saturated carbocycles. The molecule has 1 heterocycles. The Morgan fingerprint density at radius 3 is 2.57 bits per heavy atom. The van der Waals surface area contributed by atoms with Crippen LogP contribution in [-0.2, 0) is 32.5 Å². The van der Waals surface area contributed by atoms with Gasteiger partial charge in [-0.2, -0.15) is 0 Å². The molecule has 1 spiro atoms. The number of halogens is 2. The Bertz CT molecular complexity index is 1510. The lowest BCUT2D eigenvalue weighted by molar-refractivity contribution is -0.132. The molecular formula is C33H43F2N3O5S. The average Bonchev–Trinajstić information content (AvgIpc) is 3.70. The van der Waals surface area contributed by atoms with Crippen LogP contribution in [-0.4, -0.2) is 55.4 Å². The summed E-state index contributed by atoms with van der Waals surface area (Å²) in [6.45, 7) is 4.87. The minimum Gasteiger partial charge on any atom is -0.490 e. The zero-order valence-electron chi connectivity index (χ0n) is 25.7. The number of carbonyl (C=O) groups is 2. The van der Waals surface area contributed by atoms with Crippen molar-refractivity contribution in [2.24, 2.45) is 0 Å². The molecule has 1 aliphatic heterocycles. The molecule has 2 aromatic carbocycles. The van der Waals surface area contributed by atoms with E-state index in [4.69, 9.17) is 4.74 Å². The van der Waals surface area contributed by atoms with Crippen LogP contribution in [0.4, 0.5) is 8.78 Å². The zero-order chi connectivity index (χ0) is 31.7. The van der Waals surface area contributed by atoms with Gasteiger partial charge in [0.1, 0.15) is 17.7 Å². The van der Waals surface area contributed by atoms with Crippen LogP contribution >= 0.6 is 0 Å². The minimum absolute atomic E-state index is 0.0377. The van der Waals surface area contributed by atoms with Gasteiger partial charge in [-0.3, -0.25) is 14.3 Å². The van der Waals surface area contributed by atoms with Crippen LogP contribution < -0.4 is 20.1 Å². The highest BCUT2D eigenvalue weighted by atomic mass is 32.2. The lowest BCUT2D eigenvalue weighted by Gasteiger charge is -2.25. The van der Waals surface area contributed by atoms with E-state index in [9.17, 15) is 22.4 Å². The van der Waals surface area contributed by atoms with Gasteiger partial charge in [0.15, 0.2) is 0 Å². The number of hydrogen-bond acceptors (Lipinski definition) is 6. The number of nitrogens with one attached hydrogen (secondary N) is 3. The first kappa shape index (κ1) is 32.3. The van der Waals surface area contributed by atoms with Crippen LogP contribution in [0.25, 0.3) is 11.1 Å². The van der Waals surface area contributed by atoms with Crippen molar-refractivity contribution in [3.63, 3.8) is 0 Å². The monoisotopic (exact) mass is 631 g/mol. The molecule has 3 aliphatic rings. The highest BCUT2D eigenvalue weighted by molar-refractivity contribution is 7.90. The van der Waals surface area contributed by atoms with Crippen molar-refractivity contribution < 1.29 is 31.5 Å². The van der Waals surface area contributed by atoms with Crippen molar-refractivity contribution >= 4 is 21.8 Å². The highest BCUT2D eigenvalue weighted by Crippen LogP contribution is 2.42. The fourth-order valence-corrected chi connectivity index (χ4v) is 7.52. The van der Waals surface area contributed by atoms with E-state index in [1.807, 2.05) is 6.92 Å². The largest absolute Gasteiger partial charge is 0.490 e. The Morgan fingerprint density at radius 2 is 1.86 bits per heavy atom. The fourth-order valence-electron chi connectivity index (χ4n) is 6.90. The third-order valence-electron chi connectivity index (χ3n) is 9.39. The van der Waals surface area contributed by atoms with Crippen molar-refractivity contribution in [1.29, 1.82) is 0 Å². The van der Waals surface area contributed by atoms with Gasteiger partial charge in [-0.05, 0) is 80.8 Å². The molecule has 240 valence electrons. The molecule has 0 aromatic heterocycles. The summed E-state index contributed by atoms with van der Waals surface area (Å²) in [5, 5.41) is 5.47. The predicted octanol–water partition coefficient (Wildman–Crippen LogP) is 4.88. The van der Waals surface area contributed by atoms with Gasteiger partial charge in [-0.25, -0.2) is 17.2 Å². The van der Waals surface area contributed by atoms with Crippen LogP contribution in [0.5, 0.6) is 5.75 Å². The van der Waals surface area contributed by atoms with Crippen molar-refractivity contribution in [3.05, 3.63) is 53.3 Å². The summed E-state index contributed by atoms with van der Waals surface area (Å²) in [6.07, 6.45) is 5.89. The third-order valence-corrected chi connectivity index (χ3v) is 11.1. The van der Waals surface area contributed by atoms with Crippen molar-refractivity contribution in [3.8, 4) is 16.9 Å². The summed E-state index contributed by atoms with van der Waals surface area (Å²) in [6, 6.07) is 9.72. The van der Waals surface area contributed by atoms with Gasteiger partial charge in [0, 0.05) is 36.5 Å². The Kier molecular flexibility index (Phi) is 9.37. The van der Waals surface area contributed by atoms with Gasteiger partial charge in [0.2, 0.25) is 21.6 Å². The molecule has 0 unspecified atom stereocenters. The fraction of sp³-hybridized carbons (Fsp3) is 0.576. The van der Waals surface area contributed by atoms with Crippen LogP contribution in [0.2, 0.25) is 0 Å². The molecule has 2 aliphatic carbocycles. The quantitative estimate of drug-likeness (QED) is 0.345. The summed E-state index contributed by atoms with van der Waals surface area (Å²) < 4.78 is 63.4. The van der Waals surface area contributed by atoms with Crippen LogP contribution in [0.3, 0.4) is 0 Å². The molecule has 0 bridgehead atoms. The number of sulfonamides is 1. The number of alkyl halides is 1. The van der Waals surface area contributed by atoms with Gasteiger partial charge in [-0.1, -0.05) is 38.0 Å². The van der Waals surface area contributed by atoms with E-state index in [1.54, 1.807) is 30.3 Å². The average molecular weight is 632 g/mol. The standard InChI is InChI=1S/C33H43F2N3O5S/c1-4-25-26(8-7-9-28(25)34)27-16-22(17-30(39)38-44(41,42)21(2)3)10-13-29(27)43-24-12-11-23(18-24)37-31(40)33(35)19-32(36-20-33)14-5-6-15-32/h7-10,13,16,21,23-24,36H,4-6,11-12,14-15,17-20H2,1-3H3,(H,37,40)(H,38,39)/t23-,24-,33-/m1/s1. The Hall–Kier alpha value is -3.05. The van der Waals surface area contributed by atoms with Gasteiger partial charge in [-0.15, -0.1) is 0 Å². The topological polar surface area (TPSA) is 114 Å². The molecule has 11 heteroatoms. The smallest absolute Gasteiger partial charge is 0.259 e. The Morgan fingerprint density at radius 1 is 1.11 bits per heavy atom. The maximum atomic E-state index is 15.7. The van der Waals surface area contributed by atoms with Gasteiger partial charge < -0.3 is 15.4 Å². The molecule has 8 nitrogen and oxygen atoms in total. The van der Waals surface area contributed by atoms with Gasteiger partial charge >= 0.3 is 0 Å². The molecule has 2 amide bonds. The first-order chi connectivity index (χ1) is 20.8. The lowest BCUT2D eigenvalue weighted by atomic mass is 9.89. The van der Waals surface area contributed by atoms with E-state index in [0.717, 1.165) is 25.7 Å². The maximum Gasteiger partial charge on any atom is 0.259 e. The molecule has 0 radical (unpaired) electrons. The second-order valence-corrected chi connectivity index (χ2v) is 15.2. The molecule has 5 rings (SSSR count). The Balaban J connectivity index is 1.31. The van der Waals surface area contributed by atoms with Crippen molar-refractivity contribution in [2.45, 2.75) is 114 Å². The molecule has 3 N–H and O–H groups in total. The maximum absolute atomic E-state index is 15.7. The molecule has 3 fully saturated rings. The van der Waals surface area contributed by atoms with Crippen LogP contribution in [0.1, 0.15) is 83.3 Å².